The van der Waals surface area contributed by atoms with Crippen molar-refractivity contribution in [3.63, 3.8) is 0 Å². The Hall–Kier alpha value is -4.23. The largest absolute Gasteiger partial charge is 0.380 e. The number of ether oxygens (including phenoxy) is 1. The number of pyridine rings is 1. The van der Waals surface area contributed by atoms with Crippen LogP contribution in [0, 0.1) is 0 Å². The second-order valence-electron chi connectivity index (χ2n) is 8.33. The van der Waals surface area contributed by atoms with E-state index < -0.39 is 11.5 Å². The second kappa shape index (κ2) is 8.85. The average Bonchev–Trinajstić information content (AvgIpc) is 3.57. The van der Waals surface area contributed by atoms with Gasteiger partial charge >= 0.3 is 0 Å². The van der Waals surface area contributed by atoms with Gasteiger partial charge in [0, 0.05) is 46.6 Å². The molecule has 5 rings (SSSR count). The molecular weight excluding hydrogens is 452 g/mol. The Morgan fingerprint density at radius 2 is 2.06 bits per heavy atom. The summed E-state index contributed by atoms with van der Waals surface area (Å²) in [6, 6.07) is 5.41. The lowest BCUT2D eigenvalue weighted by molar-refractivity contribution is -0.143. The van der Waals surface area contributed by atoms with Crippen molar-refractivity contribution in [1.82, 2.24) is 44.6 Å². The Morgan fingerprint density at radius 3 is 2.77 bits per heavy atom. The number of nitrogens with zero attached hydrogens (tertiary/aromatic N) is 9. The number of likely N-dealkylation sites (tertiary alicyclic amines) is 1. The first-order chi connectivity index (χ1) is 16.9. The minimum atomic E-state index is -1.69. The van der Waals surface area contributed by atoms with Gasteiger partial charge < -0.3 is 20.1 Å². The van der Waals surface area contributed by atoms with E-state index in [1.807, 2.05) is 19.3 Å². The van der Waals surface area contributed by atoms with E-state index in [2.05, 4.69) is 30.7 Å². The van der Waals surface area contributed by atoms with Crippen LogP contribution in [0.3, 0.4) is 0 Å². The molecule has 35 heavy (non-hydrogen) atoms. The lowest BCUT2D eigenvalue weighted by atomic mass is 9.99. The van der Waals surface area contributed by atoms with Gasteiger partial charge in [0.2, 0.25) is 5.95 Å². The summed E-state index contributed by atoms with van der Waals surface area (Å²) in [5, 5.41) is 26.4. The summed E-state index contributed by atoms with van der Waals surface area (Å²) in [7, 11) is 5.07. The van der Waals surface area contributed by atoms with Crippen molar-refractivity contribution in [1.29, 1.82) is 0 Å². The van der Waals surface area contributed by atoms with Gasteiger partial charge in [-0.15, -0.1) is 5.10 Å². The molecule has 13 nitrogen and oxygen atoms in total. The van der Waals surface area contributed by atoms with Gasteiger partial charge in [0.15, 0.2) is 11.4 Å². The van der Waals surface area contributed by atoms with Gasteiger partial charge in [-0.2, -0.15) is 5.10 Å². The van der Waals surface area contributed by atoms with Crippen LogP contribution in [0.2, 0.25) is 0 Å². The van der Waals surface area contributed by atoms with Gasteiger partial charge in [-0.3, -0.25) is 9.48 Å². The van der Waals surface area contributed by atoms with E-state index in [0.29, 0.717) is 36.3 Å². The summed E-state index contributed by atoms with van der Waals surface area (Å²) < 4.78 is 8.43. The van der Waals surface area contributed by atoms with E-state index in [-0.39, 0.29) is 12.1 Å². The fourth-order valence-corrected chi connectivity index (χ4v) is 3.90. The van der Waals surface area contributed by atoms with E-state index >= 15 is 0 Å². The second-order valence-corrected chi connectivity index (χ2v) is 8.33. The SMILES string of the molecule is COCc1cc(-c2ccnc(Nc3cnn(C)c3)n2)nc(-n2cc(C3(O)CCN(C)C3=O)nn2)c1. The normalized spacial score (nSPS) is 17.8. The third-order valence-electron chi connectivity index (χ3n) is 5.72. The summed E-state index contributed by atoms with van der Waals surface area (Å²) in [6.07, 6.45) is 6.90. The van der Waals surface area contributed by atoms with Gasteiger partial charge in [0.05, 0.1) is 36.1 Å². The standard InChI is InChI=1S/C22H24N10O3/c1-30-7-5-22(34,20(30)33)18-12-32(29-28-18)19-9-14(13-35-3)8-17(26-19)16-4-6-23-21(27-16)25-15-10-24-31(2)11-15/h4,6,8-12,34H,5,7,13H2,1-3H3,(H,23,25,27). The van der Waals surface area contributed by atoms with E-state index in [9.17, 15) is 9.90 Å². The molecule has 1 atom stereocenters. The van der Waals surface area contributed by atoms with Crippen molar-refractivity contribution in [2.24, 2.45) is 7.05 Å². The number of likely N-dealkylation sites (N-methyl/N-ethyl adjacent to an activating group) is 1. The van der Waals surface area contributed by atoms with Crippen molar-refractivity contribution >= 4 is 17.5 Å². The molecule has 1 fully saturated rings. The van der Waals surface area contributed by atoms with Crippen LogP contribution in [0.4, 0.5) is 11.6 Å². The monoisotopic (exact) mass is 476 g/mol. The third-order valence-corrected chi connectivity index (χ3v) is 5.72. The van der Waals surface area contributed by atoms with Crippen molar-refractivity contribution in [2.45, 2.75) is 18.6 Å². The quantitative estimate of drug-likeness (QED) is 0.392. The molecule has 1 amide bonds. The molecule has 1 unspecified atom stereocenters. The predicted octanol–water partition coefficient (Wildman–Crippen LogP) is 0.792. The number of anilines is 2. The zero-order valence-corrected chi connectivity index (χ0v) is 19.5. The highest BCUT2D eigenvalue weighted by atomic mass is 16.5. The van der Waals surface area contributed by atoms with Gasteiger partial charge in [0.1, 0.15) is 5.69 Å². The number of hydrogen-bond donors (Lipinski definition) is 2. The van der Waals surface area contributed by atoms with E-state index in [0.717, 1.165) is 11.3 Å². The third kappa shape index (κ3) is 4.34. The fraction of sp³-hybridized carbons (Fsp3) is 0.318. The summed E-state index contributed by atoms with van der Waals surface area (Å²) in [4.78, 5) is 27.5. The summed E-state index contributed by atoms with van der Waals surface area (Å²) in [6.45, 7) is 0.778. The number of carbonyl (C=O) groups is 1. The summed E-state index contributed by atoms with van der Waals surface area (Å²) in [5.41, 5.74) is 1.22. The highest BCUT2D eigenvalue weighted by molar-refractivity contribution is 5.87. The number of aliphatic hydroxyl groups is 1. The Bertz CT molecular complexity index is 1380. The summed E-state index contributed by atoms with van der Waals surface area (Å²) in [5.74, 6) is 0.433. The van der Waals surface area contributed by atoms with Gasteiger partial charge in [-0.1, -0.05) is 5.21 Å². The van der Waals surface area contributed by atoms with Gasteiger partial charge in [0.25, 0.3) is 5.91 Å². The van der Waals surface area contributed by atoms with Crippen LogP contribution in [-0.4, -0.2) is 76.3 Å². The number of methoxy groups -OCH3 is 1. The first-order valence-electron chi connectivity index (χ1n) is 10.9. The maximum absolute atomic E-state index is 12.5. The minimum absolute atomic E-state index is 0.178. The van der Waals surface area contributed by atoms with Crippen LogP contribution < -0.4 is 5.32 Å². The molecule has 1 aliphatic rings. The van der Waals surface area contributed by atoms with Gasteiger partial charge in [-0.05, 0) is 23.8 Å². The molecule has 5 heterocycles. The molecule has 0 radical (unpaired) electrons. The maximum Gasteiger partial charge on any atom is 0.260 e. The number of carbonyl (C=O) groups excluding carboxylic acids is 1. The Labute approximate surface area is 200 Å². The van der Waals surface area contributed by atoms with Crippen LogP contribution in [-0.2, 0) is 28.8 Å². The smallest absolute Gasteiger partial charge is 0.260 e. The lowest BCUT2D eigenvalue weighted by Gasteiger charge is -2.17. The summed E-state index contributed by atoms with van der Waals surface area (Å²) >= 11 is 0. The molecule has 0 aliphatic carbocycles. The average molecular weight is 477 g/mol. The van der Waals surface area contributed by atoms with Crippen molar-refractivity contribution < 1.29 is 14.6 Å². The zero-order valence-electron chi connectivity index (χ0n) is 19.5. The molecule has 0 spiro atoms. The number of aryl methyl sites for hydroxylation is 1. The molecule has 13 heteroatoms. The molecule has 0 aromatic carbocycles. The van der Waals surface area contributed by atoms with Crippen molar-refractivity contribution in [3.05, 3.63) is 54.2 Å². The number of amides is 1. The Kier molecular flexibility index (Phi) is 5.70. The zero-order chi connectivity index (χ0) is 24.6. The molecule has 4 aromatic heterocycles. The number of hydrogen-bond acceptors (Lipinski definition) is 10. The lowest BCUT2D eigenvalue weighted by Crippen LogP contribution is -2.36. The number of nitrogens with one attached hydrogen (secondary N) is 1. The minimum Gasteiger partial charge on any atom is -0.380 e. The molecule has 1 aliphatic heterocycles. The fourth-order valence-electron chi connectivity index (χ4n) is 3.90. The van der Waals surface area contributed by atoms with Crippen molar-refractivity contribution in [3.8, 4) is 17.2 Å². The highest BCUT2D eigenvalue weighted by Gasteiger charge is 2.47. The van der Waals surface area contributed by atoms with E-state index in [1.165, 1.54) is 15.8 Å². The van der Waals surface area contributed by atoms with Gasteiger partial charge in [-0.25, -0.2) is 19.6 Å². The molecule has 4 aromatic rings. The molecular formula is C22H24N10O3. The first-order valence-corrected chi connectivity index (χ1v) is 10.9. The van der Waals surface area contributed by atoms with Crippen LogP contribution in [0.1, 0.15) is 17.7 Å². The maximum atomic E-state index is 12.5. The van der Waals surface area contributed by atoms with Crippen molar-refractivity contribution in [2.75, 3.05) is 26.0 Å². The predicted molar refractivity (Wildman–Crippen MR) is 124 cm³/mol. The Morgan fingerprint density at radius 1 is 1.20 bits per heavy atom. The topological polar surface area (TPSA) is 149 Å². The number of aromatic nitrogens is 8. The van der Waals surface area contributed by atoms with E-state index in [1.54, 1.807) is 43.4 Å². The van der Waals surface area contributed by atoms with Crippen LogP contribution in [0.15, 0.2) is 43.0 Å². The molecule has 0 saturated carbocycles. The van der Waals surface area contributed by atoms with Crippen LogP contribution in [0.25, 0.3) is 17.2 Å². The molecule has 2 N–H and O–H groups in total. The highest BCUT2D eigenvalue weighted by Crippen LogP contribution is 2.31. The Balaban J connectivity index is 1.49. The molecule has 180 valence electrons. The number of rotatable bonds is 7. The molecule has 1 saturated heterocycles. The van der Waals surface area contributed by atoms with Crippen LogP contribution in [0.5, 0.6) is 0 Å². The first kappa shape index (κ1) is 22.6. The van der Waals surface area contributed by atoms with Crippen LogP contribution >= 0.6 is 0 Å². The van der Waals surface area contributed by atoms with E-state index in [4.69, 9.17) is 9.72 Å². The molecule has 0 bridgehead atoms.